The smallest absolute Gasteiger partial charge is 0.151 e. The Hall–Kier alpha value is -0.990. The minimum absolute atomic E-state index is 0.0554. The molecule has 2 atom stereocenters. The van der Waals surface area contributed by atoms with E-state index in [1.165, 1.54) is 0 Å². The summed E-state index contributed by atoms with van der Waals surface area (Å²) in [6, 6.07) is 7.73. The monoisotopic (exact) mass is 426 g/mol. The summed E-state index contributed by atoms with van der Waals surface area (Å²) in [5, 5.41) is 3.73. The maximum Gasteiger partial charge on any atom is 0.151 e. The van der Waals surface area contributed by atoms with Crippen LogP contribution < -0.4 is 0 Å². The molecule has 0 aliphatic carbocycles. The third-order valence-electron chi connectivity index (χ3n) is 5.19. The molecule has 0 saturated carbocycles. The molecule has 0 bridgehead atoms. The van der Waals surface area contributed by atoms with Crippen molar-refractivity contribution >= 4 is 32.8 Å². The first kappa shape index (κ1) is 19.3. The molecule has 2 aromatic rings. The fourth-order valence-electron chi connectivity index (χ4n) is 3.77. The number of hydrogen-bond donors (Lipinski definition) is 0. The number of aromatic nitrogens is 1. The van der Waals surface area contributed by atoms with Crippen LogP contribution in [-0.4, -0.2) is 55.1 Å². The molecule has 2 fully saturated rings. The molecule has 2 aliphatic heterocycles. The molecule has 8 heteroatoms. The molecular weight excluding hydrogens is 404 g/mol. The number of hydrogen-bond acceptors (Lipinski definition) is 6. The van der Waals surface area contributed by atoms with E-state index in [-0.39, 0.29) is 23.7 Å². The SMILES string of the molecule is O=S1(=O)CCC(N(Cc2csc(-c3ccc(Cl)cc3)n2)CC2CCCO2)C1. The Labute approximate surface area is 169 Å². The minimum Gasteiger partial charge on any atom is -0.377 e. The second-order valence-corrected chi connectivity index (χ2v) is 10.8. The van der Waals surface area contributed by atoms with E-state index in [0.29, 0.717) is 18.0 Å². The summed E-state index contributed by atoms with van der Waals surface area (Å²) < 4.78 is 29.7. The molecule has 2 saturated heterocycles. The van der Waals surface area contributed by atoms with Crippen molar-refractivity contribution in [2.75, 3.05) is 24.7 Å². The average Bonchev–Trinajstić information content (AvgIpc) is 3.36. The molecule has 0 radical (unpaired) electrons. The first-order valence-corrected chi connectivity index (χ1v) is 12.3. The molecule has 3 heterocycles. The Kier molecular flexibility index (Phi) is 5.85. The molecule has 4 rings (SSSR count). The van der Waals surface area contributed by atoms with E-state index in [4.69, 9.17) is 21.3 Å². The standard InChI is InChI=1S/C19H23ClN2O3S2/c20-15-5-3-14(4-6-15)19-21-16(12-26-19)10-22(11-18-2-1-8-25-18)17-7-9-27(23,24)13-17/h3-6,12,17-18H,1-2,7-11,13H2. The lowest BCUT2D eigenvalue weighted by Gasteiger charge is -2.29. The number of nitrogens with zero attached hydrogens (tertiary/aromatic N) is 2. The van der Waals surface area contributed by atoms with Crippen LogP contribution >= 0.6 is 22.9 Å². The number of benzene rings is 1. The fraction of sp³-hybridized carbons (Fsp3) is 0.526. The van der Waals surface area contributed by atoms with Crippen LogP contribution in [0.5, 0.6) is 0 Å². The highest BCUT2D eigenvalue weighted by molar-refractivity contribution is 7.91. The summed E-state index contributed by atoms with van der Waals surface area (Å²) in [7, 11) is -2.92. The number of ether oxygens (including phenoxy) is 1. The molecule has 2 aliphatic rings. The van der Waals surface area contributed by atoms with Gasteiger partial charge in [0.25, 0.3) is 0 Å². The zero-order valence-electron chi connectivity index (χ0n) is 15.0. The Bertz CT molecular complexity index is 877. The first-order chi connectivity index (χ1) is 13.0. The Morgan fingerprint density at radius 1 is 1.26 bits per heavy atom. The van der Waals surface area contributed by atoms with E-state index in [2.05, 4.69) is 10.3 Å². The summed E-state index contributed by atoms with van der Waals surface area (Å²) in [6.07, 6.45) is 3.02. The third-order valence-corrected chi connectivity index (χ3v) is 8.14. The van der Waals surface area contributed by atoms with Crippen LogP contribution in [0, 0.1) is 0 Å². The van der Waals surface area contributed by atoms with E-state index in [1.54, 1.807) is 11.3 Å². The zero-order valence-corrected chi connectivity index (χ0v) is 17.4. The molecule has 1 aromatic carbocycles. The van der Waals surface area contributed by atoms with Gasteiger partial charge in [-0.1, -0.05) is 23.7 Å². The van der Waals surface area contributed by atoms with E-state index in [9.17, 15) is 8.42 Å². The van der Waals surface area contributed by atoms with Crippen LogP contribution in [0.3, 0.4) is 0 Å². The number of rotatable bonds is 6. The number of thiazole rings is 1. The van der Waals surface area contributed by atoms with Gasteiger partial charge in [-0.3, -0.25) is 4.90 Å². The molecule has 0 N–H and O–H groups in total. The van der Waals surface area contributed by atoms with Crippen LogP contribution in [0.4, 0.5) is 0 Å². The van der Waals surface area contributed by atoms with Crippen LogP contribution in [-0.2, 0) is 21.1 Å². The third kappa shape index (κ3) is 4.90. The second-order valence-electron chi connectivity index (χ2n) is 7.27. The lowest BCUT2D eigenvalue weighted by Crippen LogP contribution is -2.40. The molecule has 27 heavy (non-hydrogen) atoms. The van der Waals surface area contributed by atoms with Crippen molar-refractivity contribution in [2.24, 2.45) is 0 Å². The van der Waals surface area contributed by atoms with Gasteiger partial charge >= 0.3 is 0 Å². The first-order valence-electron chi connectivity index (χ1n) is 9.25. The van der Waals surface area contributed by atoms with Crippen molar-refractivity contribution in [1.82, 2.24) is 9.88 Å². The Balaban J connectivity index is 1.49. The van der Waals surface area contributed by atoms with Gasteiger partial charge in [0.1, 0.15) is 5.01 Å². The molecular formula is C19H23ClN2O3S2. The normalized spacial score (nSPS) is 24.7. The second kappa shape index (κ2) is 8.17. The topological polar surface area (TPSA) is 59.5 Å². The van der Waals surface area contributed by atoms with Crippen molar-refractivity contribution in [2.45, 2.75) is 38.0 Å². The summed E-state index contributed by atoms with van der Waals surface area (Å²) >= 11 is 7.57. The highest BCUT2D eigenvalue weighted by atomic mass is 35.5. The van der Waals surface area contributed by atoms with Crippen molar-refractivity contribution in [3.8, 4) is 10.6 Å². The lowest BCUT2D eigenvalue weighted by atomic mass is 10.1. The van der Waals surface area contributed by atoms with Gasteiger partial charge in [-0.15, -0.1) is 11.3 Å². The van der Waals surface area contributed by atoms with Gasteiger partial charge in [-0.05, 0) is 31.4 Å². The summed E-state index contributed by atoms with van der Waals surface area (Å²) in [5.74, 6) is 0.528. The average molecular weight is 427 g/mol. The lowest BCUT2D eigenvalue weighted by molar-refractivity contribution is 0.0570. The van der Waals surface area contributed by atoms with Crippen molar-refractivity contribution in [1.29, 1.82) is 0 Å². The fourth-order valence-corrected chi connectivity index (χ4v) is 6.47. The summed E-state index contributed by atoms with van der Waals surface area (Å²) in [4.78, 5) is 7.04. The van der Waals surface area contributed by atoms with Gasteiger partial charge in [0.15, 0.2) is 9.84 Å². The summed E-state index contributed by atoms with van der Waals surface area (Å²) in [5.41, 5.74) is 2.03. The van der Waals surface area contributed by atoms with E-state index in [1.807, 2.05) is 24.3 Å². The van der Waals surface area contributed by atoms with Gasteiger partial charge in [0.05, 0.1) is 23.3 Å². The molecule has 0 amide bonds. The molecule has 146 valence electrons. The number of halogens is 1. The largest absolute Gasteiger partial charge is 0.377 e. The van der Waals surface area contributed by atoms with Crippen molar-refractivity contribution in [3.05, 3.63) is 40.4 Å². The Morgan fingerprint density at radius 3 is 2.74 bits per heavy atom. The van der Waals surface area contributed by atoms with Gasteiger partial charge in [-0.25, -0.2) is 13.4 Å². The van der Waals surface area contributed by atoms with Gasteiger partial charge < -0.3 is 4.74 Å². The Morgan fingerprint density at radius 2 is 2.07 bits per heavy atom. The zero-order chi connectivity index (χ0) is 18.9. The van der Waals surface area contributed by atoms with Gasteiger partial charge in [0, 0.05) is 41.7 Å². The van der Waals surface area contributed by atoms with Crippen LogP contribution in [0.25, 0.3) is 10.6 Å². The highest BCUT2D eigenvalue weighted by Crippen LogP contribution is 2.27. The summed E-state index contributed by atoms with van der Waals surface area (Å²) in [6.45, 7) is 2.23. The predicted molar refractivity (Wildman–Crippen MR) is 109 cm³/mol. The predicted octanol–water partition coefficient (Wildman–Crippen LogP) is 3.63. The maximum absolute atomic E-state index is 12.0. The van der Waals surface area contributed by atoms with Crippen LogP contribution in [0.2, 0.25) is 5.02 Å². The van der Waals surface area contributed by atoms with Crippen molar-refractivity contribution in [3.63, 3.8) is 0 Å². The van der Waals surface area contributed by atoms with E-state index in [0.717, 1.165) is 42.3 Å². The van der Waals surface area contributed by atoms with Crippen LogP contribution in [0.1, 0.15) is 25.0 Å². The highest BCUT2D eigenvalue weighted by Gasteiger charge is 2.34. The van der Waals surface area contributed by atoms with Crippen molar-refractivity contribution < 1.29 is 13.2 Å². The van der Waals surface area contributed by atoms with E-state index >= 15 is 0 Å². The quantitative estimate of drug-likeness (QED) is 0.705. The molecule has 1 aromatic heterocycles. The number of sulfone groups is 1. The molecule has 2 unspecified atom stereocenters. The van der Waals surface area contributed by atoms with Crippen LogP contribution in [0.15, 0.2) is 29.6 Å². The van der Waals surface area contributed by atoms with E-state index < -0.39 is 9.84 Å². The molecule has 5 nitrogen and oxygen atoms in total. The molecule has 0 spiro atoms. The minimum atomic E-state index is -2.92. The maximum atomic E-state index is 12.0. The van der Waals surface area contributed by atoms with Gasteiger partial charge in [0.2, 0.25) is 0 Å². The van der Waals surface area contributed by atoms with Gasteiger partial charge in [-0.2, -0.15) is 0 Å².